The lowest BCUT2D eigenvalue weighted by Crippen LogP contribution is -2.39. The van der Waals surface area contributed by atoms with E-state index in [2.05, 4.69) is 20.2 Å². The summed E-state index contributed by atoms with van der Waals surface area (Å²) in [6, 6.07) is -0.279. The van der Waals surface area contributed by atoms with Gasteiger partial charge in [-0.2, -0.15) is 0 Å². The lowest BCUT2D eigenvalue weighted by atomic mass is 10.2. The van der Waals surface area contributed by atoms with Gasteiger partial charge in [0, 0.05) is 51.7 Å². The molecule has 1 N–H and O–H groups in total. The summed E-state index contributed by atoms with van der Waals surface area (Å²) in [4.78, 5) is 24.6. The van der Waals surface area contributed by atoms with Crippen molar-refractivity contribution in [3.63, 3.8) is 0 Å². The Hall–Kier alpha value is -1.78. The molecule has 144 valence electrons. The van der Waals surface area contributed by atoms with Crippen molar-refractivity contribution in [3.05, 3.63) is 18.0 Å². The highest BCUT2D eigenvalue weighted by atomic mass is 32.2. The molecule has 1 aromatic rings. The molecule has 0 saturated carbocycles. The molecule has 0 aromatic carbocycles. The number of sulfone groups is 1. The summed E-state index contributed by atoms with van der Waals surface area (Å²) in [6.45, 7) is 4.99. The Morgan fingerprint density at radius 3 is 2.65 bits per heavy atom. The Labute approximate surface area is 153 Å². The molecule has 10 heteroatoms. The molecule has 3 heterocycles. The van der Waals surface area contributed by atoms with Gasteiger partial charge in [-0.3, -0.25) is 9.69 Å². The molecule has 26 heavy (non-hydrogen) atoms. The van der Waals surface area contributed by atoms with Crippen LogP contribution in [-0.2, 0) is 14.6 Å². The number of carbonyl (C=O) groups excluding carboxylic acids is 1. The average Bonchev–Trinajstić information content (AvgIpc) is 3.02. The Kier molecular flexibility index (Phi) is 6.05. The summed E-state index contributed by atoms with van der Waals surface area (Å²) in [6.07, 6.45) is 3.44. The molecule has 0 spiro atoms. The molecule has 0 aliphatic carbocycles. The summed E-state index contributed by atoms with van der Waals surface area (Å²) in [7, 11) is -1.40. The van der Waals surface area contributed by atoms with Crippen LogP contribution in [0.4, 0.5) is 5.95 Å². The van der Waals surface area contributed by atoms with E-state index >= 15 is 0 Å². The number of anilines is 1. The van der Waals surface area contributed by atoms with Gasteiger partial charge in [-0.1, -0.05) is 0 Å². The quantitative estimate of drug-likeness (QED) is 0.700. The van der Waals surface area contributed by atoms with Crippen molar-refractivity contribution >= 4 is 21.7 Å². The number of carbonyl (C=O) groups is 1. The van der Waals surface area contributed by atoms with Crippen LogP contribution in [0.1, 0.15) is 16.8 Å². The van der Waals surface area contributed by atoms with Gasteiger partial charge < -0.3 is 15.0 Å². The number of amides is 1. The maximum atomic E-state index is 12.5. The van der Waals surface area contributed by atoms with Crippen molar-refractivity contribution in [1.82, 2.24) is 19.8 Å². The highest BCUT2D eigenvalue weighted by Gasteiger charge is 2.33. The summed E-state index contributed by atoms with van der Waals surface area (Å²) in [5.41, 5.74) is 0.357. The van der Waals surface area contributed by atoms with Crippen molar-refractivity contribution in [3.8, 4) is 0 Å². The zero-order valence-corrected chi connectivity index (χ0v) is 15.7. The number of hydrogen-bond acceptors (Lipinski definition) is 8. The first-order chi connectivity index (χ1) is 12.4. The second kappa shape index (κ2) is 8.28. The van der Waals surface area contributed by atoms with Crippen LogP contribution in [0.15, 0.2) is 12.4 Å². The average molecular weight is 383 g/mol. The van der Waals surface area contributed by atoms with Gasteiger partial charge in [0.05, 0.1) is 30.3 Å². The molecule has 9 nitrogen and oxygen atoms in total. The van der Waals surface area contributed by atoms with Crippen LogP contribution in [0.25, 0.3) is 0 Å². The standard InChI is InChI=1S/C16H25N5O4S/c1-20(14-2-9-26(23,24)12-14)15(22)13-10-18-16(19-11-13)17-3-4-21-5-7-25-8-6-21/h10-11,14H,2-9,12H2,1H3,(H,17,18,19). The summed E-state index contributed by atoms with van der Waals surface area (Å²) in [5, 5.41) is 3.14. The van der Waals surface area contributed by atoms with Gasteiger partial charge in [0.2, 0.25) is 5.95 Å². The van der Waals surface area contributed by atoms with Crippen LogP contribution in [0.3, 0.4) is 0 Å². The largest absolute Gasteiger partial charge is 0.379 e. The minimum atomic E-state index is -3.03. The molecule has 0 bridgehead atoms. The SMILES string of the molecule is CN(C(=O)c1cnc(NCCN2CCOCC2)nc1)C1CCS(=O)(=O)C1. The smallest absolute Gasteiger partial charge is 0.257 e. The lowest BCUT2D eigenvalue weighted by Gasteiger charge is -2.26. The number of ether oxygens (including phenoxy) is 1. The molecule has 2 saturated heterocycles. The van der Waals surface area contributed by atoms with Crippen molar-refractivity contribution in [2.75, 3.05) is 63.3 Å². The fourth-order valence-electron chi connectivity index (χ4n) is 3.13. The number of nitrogens with zero attached hydrogens (tertiary/aromatic N) is 4. The fourth-order valence-corrected chi connectivity index (χ4v) is 4.91. The minimum absolute atomic E-state index is 0.0251. The van der Waals surface area contributed by atoms with Gasteiger partial charge in [-0.15, -0.1) is 0 Å². The molecule has 2 aliphatic heterocycles. The Morgan fingerprint density at radius 1 is 1.35 bits per heavy atom. The Bertz CT molecular complexity index is 719. The first kappa shape index (κ1) is 19.0. The van der Waals surface area contributed by atoms with Gasteiger partial charge in [0.25, 0.3) is 5.91 Å². The third-order valence-corrected chi connectivity index (χ3v) is 6.54. The zero-order chi connectivity index (χ0) is 18.6. The monoisotopic (exact) mass is 383 g/mol. The lowest BCUT2D eigenvalue weighted by molar-refractivity contribution is 0.0398. The van der Waals surface area contributed by atoms with E-state index in [9.17, 15) is 13.2 Å². The van der Waals surface area contributed by atoms with Crippen LogP contribution in [0, 0.1) is 0 Å². The van der Waals surface area contributed by atoms with E-state index in [1.165, 1.54) is 17.3 Å². The van der Waals surface area contributed by atoms with Gasteiger partial charge in [0.15, 0.2) is 9.84 Å². The second-order valence-corrected chi connectivity index (χ2v) is 8.88. The first-order valence-electron chi connectivity index (χ1n) is 8.78. The van der Waals surface area contributed by atoms with E-state index in [0.29, 0.717) is 24.5 Å². The third kappa shape index (κ3) is 4.89. The van der Waals surface area contributed by atoms with Crippen LogP contribution in [0.2, 0.25) is 0 Å². The molecule has 2 aliphatic rings. The summed E-state index contributed by atoms with van der Waals surface area (Å²) in [5.74, 6) is 0.377. The number of nitrogens with one attached hydrogen (secondary N) is 1. The van der Waals surface area contributed by atoms with Gasteiger partial charge in [0.1, 0.15) is 0 Å². The molecule has 1 unspecified atom stereocenters. The van der Waals surface area contributed by atoms with Gasteiger partial charge >= 0.3 is 0 Å². The third-order valence-electron chi connectivity index (χ3n) is 4.79. The number of aromatic nitrogens is 2. The number of rotatable bonds is 6. The molecular weight excluding hydrogens is 358 g/mol. The zero-order valence-electron chi connectivity index (χ0n) is 14.9. The van der Waals surface area contributed by atoms with E-state index in [1.54, 1.807) is 7.05 Å². The van der Waals surface area contributed by atoms with Crippen LogP contribution >= 0.6 is 0 Å². The van der Waals surface area contributed by atoms with Crippen LogP contribution in [-0.4, -0.2) is 98.1 Å². The number of morpholine rings is 1. The van der Waals surface area contributed by atoms with Crippen LogP contribution < -0.4 is 5.32 Å². The van der Waals surface area contributed by atoms with E-state index in [1.807, 2.05) is 0 Å². The predicted octanol–water partition coefficient (Wildman–Crippen LogP) is -0.520. The topological polar surface area (TPSA) is 105 Å². The maximum absolute atomic E-state index is 12.5. The van der Waals surface area contributed by atoms with Crippen LogP contribution in [0.5, 0.6) is 0 Å². The Morgan fingerprint density at radius 2 is 2.04 bits per heavy atom. The molecular formula is C16H25N5O4S. The molecule has 1 aromatic heterocycles. The van der Waals surface area contributed by atoms with E-state index < -0.39 is 9.84 Å². The normalized spacial score (nSPS) is 22.9. The number of hydrogen-bond donors (Lipinski definition) is 1. The highest BCUT2D eigenvalue weighted by molar-refractivity contribution is 7.91. The second-order valence-electron chi connectivity index (χ2n) is 6.65. The fraction of sp³-hybridized carbons (Fsp3) is 0.688. The first-order valence-corrected chi connectivity index (χ1v) is 10.6. The van der Waals surface area contributed by atoms with Crippen molar-refractivity contribution < 1.29 is 17.9 Å². The molecule has 2 fully saturated rings. The summed E-state index contributed by atoms with van der Waals surface area (Å²) >= 11 is 0. The van der Waals surface area contributed by atoms with E-state index in [0.717, 1.165) is 32.8 Å². The van der Waals surface area contributed by atoms with Gasteiger partial charge in [-0.25, -0.2) is 18.4 Å². The molecule has 1 atom stereocenters. The Balaban J connectivity index is 1.49. The highest BCUT2D eigenvalue weighted by Crippen LogP contribution is 2.18. The molecule has 0 radical (unpaired) electrons. The minimum Gasteiger partial charge on any atom is -0.379 e. The summed E-state index contributed by atoms with van der Waals surface area (Å²) < 4.78 is 28.5. The van der Waals surface area contributed by atoms with Crippen molar-refractivity contribution in [2.45, 2.75) is 12.5 Å². The van der Waals surface area contributed by atoms with Crippen molar-refractivity contribution in [1.29, 1.82) is 0 Å². The molecule has 1 amide bonds. The van der Waals surface area contributed by atoms with Gasteiger partial charge in [-0.05, 0) is 6.42 Å². The van der Waals surface area contributed by atoms with E-state index in [-0.39, 0.29) is 23.5 Å². The predicted molar refractivity (Wildman–Crippen MR) is 96.9 cm³/mol. The van der Waals surface area contributed by atoms with E-state index in [4.69, 9.17) is 4.74 Å². The molecule has 3 rings (SSSR count). The van der Waals surface area contributed by atoms with Crippen molar-refractivity contribution in [2.24, 2.45) is 0 Å². The maximum Gasteiger partial charge on any atom is 0.257 e.